The van der Waals surface area contributed by atoms with Crippen LogP contribution in [0.15, 0.2) is 34.7 Å². The van der Waals surface area contributed by atoms with Gasteiger partial charge in [0.05, 0.1) is 5.75 Å². The van der Waals surface area contributed by atoms with Crippen LogP contribution in [0.1, 0.15) is 20.8 Å². The van der Waals surface area contributed by atoms with E-state index in [9.17, 15) is 9.59 Å². The van der Waals surface area contributed by atoms with E-state index < -0.39 is 5.41 Å². The molecular weight excluding hydrogens is 342 g/mol. The molecule has 24 heavy (non-hydrogen) atoms. The minimum absolute atomic E-state index is 0.0586. The fourth-order valence-corrected chi connectivity index (χ4v) is 3.66. The topological polar surface area (TPSA) is 71.1 Å². The lowest BCUT2D eigenvalue weighted by Crippen LogP contribution is -2.27. The quantitative estimate of drug-likeness (QED) is 0.796. The van der Waals surface area contributed by atoms with E-state index in [2.05, 4.69) is 15.6 Å². The molecule has 0 aliphatic heterocycles. The molecule has 0 aliphatic rings. The van der Waals surface area contributed by atoms with Crippen molar-refractivity contribution in [3.8, 4) is 11.3 Å². The zero-order valence-corrected chi connectivity index (χ0v) is 15.8. The summed E-state index contributed by atoms with van der Waals surface area (Å²) in [5.74, 6) is 0.174. The summed E-state index contributed by atoms with van der Waals surface area (Å²) >= 11 is 2.75. The fourth-order valence-electron chi connectivity index (χ4n) is 1.73. The molecule has 1 heterocycles. The van der Waals surface area contributed by atoms with Crippen molar-refractivity contribution in [3.63, 3.8) is 0 Å². The molecule has 0 radical (unpaired) electrons. The summed E-state index contributed by atoms with van der Waals surface area (Å²) in [5, 5.41) is 6.27. The summed E-state index contributed by atoms with van der Waals surface area (Å²) in [7, 11) is 1.61. The molecule has 0 saturated heterocycles. The van der Waals surface area contributed by atoms with Crippen LogP contribution in [0.3, 0.4) is 0 Å². The van der Waals surface area contributed by atoms with Gasteiger partial charge in [-0.25, -0.2) is 4.98 Å². The van der Waals surface area contributed by atoms with Gasteiger partial charge < -0.3 is 10.6 Å². The minimum Gasteiger partial charge on any atom is -0.358 e. The molecule has 2 rings (SSSR count). The molecule has 128 valence electrons. The molecule has 0 bridgehead atoms. The first-order valence-corrected chi connectivity index (χ1v) is 9.32. The molecule has 7 heteroatoms. The van der Waals surface area contributed by atoms with E-state index in [1.54, 1.807) is 7.05 Å². The third-order valence-corrected chi connectivity index (χ3v) is 5.28. The highest BCUT2D eigenvalue weighted by molar-refractivity contribution is 8.01. The highest BCUT2D eigenvalue weighted by Crippen LogP contribution is 2.38. The van der Waals surface area contributed by atoms with Gasteiger partial charge in [-0.15, -0.1) is 0 Å². The molecule has 2 N–H and O–H groups in total. The maximum absolute atomic E-state index is 12.3. The number of hydrogen-bond donors (Lipinski definition) is 2. The Morgan fingerprint density at radius 3 is 2.46 bits per heavy atom. The molecule has 0 aliphatic carbocycles. The van der Waals surface area contributed by atoms with Gasteiger partial charge in [0.15, 0.2) is 4.34 Å². The Balaban J connectivity index is 2.30. The summed E-state index contributed by atoms with van der Waals surface area (Å²) in [6, 6.07) is 9.71. The molecule has 1 aromatic carbocycles. The number of carbonyl (C=O) groups is 2. The first-order chi connectivity index (χ1) is 11.3. The number of thiazole rings is 1. The van der Waals surface area contributed by atoms with Crippen molar-refractivity contribution in [2.45, 2.75) is 25.1 Å². The van der Waals surface area contributed by atoms with Crippen LogP contribution >= 0.6 is 23.1 Å². The standard InChI is InChI=1S/C17H21N3O2S2/c1-17(2,3)15(22)20-14-13(11-8-6-5-7-9-11)19-16(24-14)23-10-12(21)18-4/h5-9H,10H2,1-4H3,(H,18,21)(H,20,22). The number of amides is 2. The SMILES string of the molecule is CNC(=O)CSc1nc(-c2ccccc2)c(NC(=O)C(C)(C)C)s1. The average Bonchev–Trinajstić information content (AvgIpc) is 2.95. The third-order valence-electron chi connectivity index (χ3n) is 3.17. The van der Waals surface area contributed by atoms with Gasteiger partial charge >= 0.3 is 0 Å². The second-order valence-corrected chi connectivity index (χ2v) is 8.41. The lowest BCUT2D eigenvalue weighted by Gasteiger charge is -2.17. The van der Waals surface area contributed by atoms with E-state index in [4.69, 9.17) is 0 Å². The van der Waals surface area contributed by atoms with Gasteiger partial charge in [-0.05, 0) is 0 Å². The molecular formula is C17H21N3O2S2. The Labute approximate surface area is 150 Å². The van der Waals surface area contributed by atoms with Crippen LogP contribution in [0.25, 0.3) is 11.3 Å². The zero-order valence-electron chi connectivity index (χ0n) is 14.2. The number of benzene rings is 1. The molecule has 0 fully saturated rings. The second-order valence-electron chi connectivity index (χ2n) is 6.19. The summed E-state index contributed by atoms with van der Waals surface area (Å²) in [5.41, 5.74) is 1.18. The Hall–Kier alpha value is -1.86. The summed E-state index contributed by atoms with van der Waals surface area (Å²) in [6.45, 7) is 5.60. The molecule has 2 amide bonds. The number of carbonyl (C=O) groups excluding carboxylic acids is 2. The van der Waals surface area contributed by atoms with Crippen molar-refractivity contribution in [1.82, 2.24) is 10.3 Å². The van der Waals surface area contributed by atoms with Gasteiger partial charge in [-0.1, -0.05) is 74.2 Å². The first-order valence-electron chi connectivity index (χ1n) is 7.52. The van der Waals surface area contributed by atoms with E-state index in [0.717, 1.165) is 15.6 Å². The number of aromatic nitrogens is 1. The Bertz CT molecular complexity index is 721. The van der Waals surface area contributed by atoms with Crippen LogP contribution in [-0.4, -0.2) is 29.6 Å². The van der Waals surface area contributed by atoms with Gasteiger partial charge in [0.1, 0.15) is 10.7 Å². The van der Waals surface area contributed by atoms with Crippen molar-refractivity contribution in [2.75, 3.05) is 18.1 Å². The van der Waals surface area contributed by atoms with Crippen LogP contribution in [0.2, 0.25) is 0 Å². The molecule has 0 unspecified atom stereocenters. The van der Waals surface area contributed by atoms with E-state index in [0.29, 0.717) is 10.8 Å². The summed E-state index contributed by atoms with van der Waals surface area (Å²) < 4.78 is 0.752. The fraction of sp³-hybridized carbons (Fsp3) is 0.353. The molecule has 5 nitrogen and oxygen atoms in total. The van der Waals surface area contributed by atoms with E-state index >= 15 is 0 Å². The Morgan fingerprint density at radius 1 is 1.21 bits per heavy atom. The zero-order chi connectivity index (χ0) is 17.7. The van der Waals surface area contributed by atoms with Crippen molar-refractivity contribution in [2.24, 2.45) is 5.41 Å². The van der Waals surface area contributed by atoms with Gasteiger partial charge in [-0.3, -0.25) is 9.59 Å². The largest absolute Gasteiger partial charge is 0.358 e. The maximum Gasteiger partial charge on any atom is 0.230 e. The normalized spacial score (nSPS) is 11.2. The van der Waals surface area contributed by atoms with E-state index in [1.165, 1.54) is 23.1 Å². The lowest BCUT2D eigenvalue weighted by molar-refractivity contribution is -0.123. The molecule has 1 aromatic heterocycles. The van der Waals surface area contributed by atoms with Crippen molar-refractivity contribution in [3.05, 3.63) is 30.3 Å². The van der Waals surface area contributed by atoms with Crippen LogP contribution in [-0.2, 0) is 9.59 Å². The average molecular weight is 364 g/mol. The maximum atomic E-state index is 12.3. The smallest absolute Gasteiger partial charge is 0.230 e. The van der Waals surface area contributed by atoms with Gasteiger partial charge in [0, 0.05) is 18.0 Å². The van der Waals surface area contributed by atoms with Gasteiger partial charge in [0.25, 0.3) is 0 Å². The second kappa shape index (κ2) is 7.81. The molecule has 0 saturated carbocycles. The number of nitrogens with one attached hydrogen (secondary N) is 2. The van der Waals surface area contributed by atoms with Gasteiger partial charge in [-0.2, -0.15) is 0 Å². The highest BCUT2D eigenvalue weighted by atomic mass is 32.2. The number of hydrogen-bond acceptors (Lipinski definition) is 5. The summed E-state index contributed by atoms with van der Waals surface area (Å²) in [6.07, 6.45) is 0. The van der Waals surface area contributed by atoms with Crippen molar-refractivity contribution >= 4 is 39.9 Å². The van der Waals surface area contributed by atoms with E-state index in [1.807, 2.05) is 51.1 Å². The van der Waals surface area contributed by atoms with Crippen LogP contribution in [0, 0.1) is 5.41 Å². The van der Waals surface area contributed by atoms with E-state index in [-0.39, 0.29) is 11.8 Å². The summed E-state index contributed by atoms with van der Waals surface area (Å²) in [4.78, 5) is 28.4. The predicted molar refractivity (Wildman–Crippen MR) is 100 cm³/mol. The van der Waals surface area contributed by atoms with Crippen LogP contribution in [0.4, 0.5) is 5.00 Å². The minimum atomic E-state index is -0.493. The number of rotatable bonds is 5. The van der Waals surface area contributed by atoms with Gasteiger partial charge in [0.2, 0.25) is 11.8 Å². The van der Waals surface area contributed by atoms with Crippen LogP contribution in [0.5, 0.6) is 0 Å². The number of thioether (sulfide) groups is 1. The number of anilines is 1. The molecule has 2 aromatic rings. The van der Waals surface area contributed by atoms with Crippen molar-refractivity contribution < 1.29 is 9.59 Å². The molecule has 0 spiro atoms. The lowest BCUT2D eigenvalue weighted by atomic mass is 9.96. The first kappa shape index (κ1) is 18.5. The Kier molecular flexibility index (Phi) is 6.01. The predicted octanol–water partition coefficient (Wildman–Crippen LogP) is 3.63. The monoisotopic (exact) mass is 363 g/mol. The molecule has 0 atom stereocenters. The number of nitrogens with zero attached hydrogens (tertiary/aromatic N) is 1. The van der Waals surface area contributed by atoms with Crippen molar-refractivity contribution in [1.29, 1.82) is 0 Å². The van der Waals surface area contributed by atoms with Crippen LogP contribution < -0.4 is 10.6 Å². The highest BCUT2D eigenvalue weighted by Gasteiger charge is 2.24. The third kappa shape index (κ3) is 4.82. The Morgan fingerprint density at radius 2 is 1.88 bits per heavy atom.